The molecule has 2 amide bonds. The zero-order valence-electron chi connectivity index (χ0n) is 18.7. The van der Waals surface area contributed by atoms with Crippen molar-refractivity contribution in [3.8, 4) is 6.07 Å². The number of benzene rings is 1. The lowest BCUT2D eigenvalue weighted by Crippen LogP contribution is -2.50. The molecular weight excluding hydrogens is 434 g/mol. The van der Waals surface area contributed by atoms with Gasteiger partial charge in [-0.05, 0) is 48.6 Å². The highest BCUT2D eigenvalue weighted by Gasteiger charge is 2.56. The van der Waals surface area contributed by atoms with Gasteiger partial charge in [0.15, 0.2) is 0 Å². The van der Waals surface area contributed by atoms with Crippen molar-refractivity contribution in [2.75, 3.05) is 18.4 Å². The number of likely N-dealkylation sites (tertiary alicyclic amines) is 1. The van der Waals surface area contributed by atoms with E-state index in [1.54, 1.807) is 17.2 Å². The molecule has 1 saturated heterocycles. The number of aromatic nitrogens is 1. The topological polar surface area (TPSA) is 138 Å². The van der Waals surface area contributed by atoms with E-state index in [-0.39, 0.29) is 30.5 Å². The molecule has 34 heavy (non-hydrogen) atoms. The molecular formula is C25H27N5O4. The van der Waals surface area contributed by atoms with Gasteiger partial charge in [0, 0.05) is 24.8 Å². The van der Waals surface area contributed by atoms with E-state index in [1.807, 2.05) is 24.3 Å². The van der Waals surface area contributed by atoms with Gasteiger partial charge in [-0.3, -0.25) is 9.59 Å². The number of nitrogens with zero attached hydrogens (tertiary/aromatic N) is 2. The van der Waals surface area contributed by atoms with Gasteiger partial charge in [-0.2, -0.15) is 5.26 Å². The summed E-state index contributed by atoms with van der Waals surface area (Å²) in [5.41, 5.74) is 1.51. The Kier molecular flexibility index (Phi) is 5.62. The number of amides is 2. The molecule has 1 aromatic carbocycles. The van der Waals surface area contributed by atoms with Crippen molar-refractivity contribution in [1.29, 1.82) is 5.26 Å². The fraction of sp³-hybridized carbons (Fsp3) is 0.440. The second-order valence-corrected chi connectivity index (χ2v) is 9.52. The zero-order valence-corrected chi connectivity index (χ0v) is 18.7. The molecule has 5 rings (SSSR count). The first-order valence-corrected chi connectivity index (χ1v) is 11.7. The highest BCUT2D eigenvalue weighted by atomic mass is 16.4. The summed E-state index contributed by atoms with van der Waals surface area (Å²) in [5.74, 6) is -0.875. The number of carbonyl (C=O) groups excluding carboxylic acids is 2. The summed E-state index contributed by atoms with van der Waals surface area (Å²) >= 11 is 0. The number of fused-ring (bicyclic) bond motifs is 2. The number of anilines is 1. The Labute approximate surface area is 197 Å². The van der Waals surface area contributed by atoms with Gasteiger partial charge in [-0.25, -0.2) is 4.79 Å². The number of carboxylic acid groups (broad SMARTS) is 1. The number of carboxylic acids is 1. The van der Waals surface area contributed by atoms with E-state index in [0.717, 1.165) is 24.1 Å². The molecule has 0 radical (unpaired) electrons. The van der Waals surface area contributed by atoms with E-state index < -0.39 is 23.5 Å². The van der Waals surface area contributed by atoms with Gasteiger partial charge in [-0.15, -0.1) is 0 Å². The number of carbonyl (C=O) groups is 3. The molecule has 1 saturated carbocycles. The Balaban J connectivity index is 1.33. The molecule has 2 aromatic rings. The van der Waals surface area contributed by atoms with E-state index in [9.17, 15) is 24.8 Å². The fourth-order valence-corrected chi connectivity index (χ4v) is 5.33. The van der Waals surface area contributed by atoms with Crippen LogP contribution in [0.2, 0.25) is 0 Å². The molecule has 3 heterocycles. The maximum Gasteiger partial charge on any atom is 0.352 e. The number of hydrogen-bond acceptors (Lipinski definition) is 5. The third-order valence-electron chi connectivity index (χ3n) is 7.31. The Morgan fingerprint density at radius 1 is 1.29 bits per heavy atom. The summed E-state index contributed by atoms with van der Waals surface area (Å²) in [6, 6.07) is 10.3. The molecule has 9 heteroatoms. The molecule has 1 aromatic heterocycles. The minimum absolute atomic E-state index is 0.156. The molecule has 4 N–H and O–H groups in total. The van der Waals surface area contributed by atoms with Gasteiger partial charge in [0.2, 0.25) is 11.8 Å². The van der Waals surface area contributed by atoms with Gasteiger partial charge < -0.3 is 25.6 Å². The average molecular weight is 462 g/mol. The number of nitriles is 1. The lowest BCUT2D eigenvalue weighted by atomic mass is 9.80. The van der Waals surface area contributed by atoms with E-state index in [4.69, 9.17) is 0 Å². The summed E-state index contributed by atoms with van der Waals surface area (Å²) in [6.07, 6.45) is 5.15. The maximum absolute atomic E-state index is 13.7. The van der Waals surface area contributed by atoms with Crippen molar-refractivity contribution in [3.63, 3.8) is 0 Å². The van der Waals surface area contributed by atoms with Gasteiger partial charge in [0.25, 0.3) is 0 Å². The van der Waals surface area contributed by atoms with Crippen LogP contribution >= 0.6 is 0 Å². The normalized spacial score (nSPS) is 24.0. The van der Waals surface area contributed by atoms with Gasteiger partial charge in [0.1, 0.15) is 11.7 Å². The van der Waals surface area contributed by atoms with Crippen LogP contribution in [0, 0.1) is 17.2 Å². The molecule has 2 aliphatic heterocycles. The summed E-state index contributed by atoms with van der Waals surface area (Å²) < 4.78 is 0. The van der Waals surface area contributed by atoms with Crippen molar-refractivity contribution < 1.29 is 19.5 Å². The van der Waals surface area contributed by atoms with Crippen molar-refractivity contribution in [2.24, 2.45) is 5.92 Å². The standard InChI is InChI=1S/C25H27N5O4/c26-13-17-12-25(18-3-1-2-4-19(18)29-24(25)34)14-30(17)22(31)20(11-15-5-6-15)27-9-7-16-8-10-28-21(16)23(32)33/h1-4,8,10,15,17,20,27-28H,5-7,9,11-12,14H2,(H,29,34)(H,32,33)/t17-,20-,25-/m0/s1. The minimum Gasteiger partial charge on any atom is -0.477 e. The highest BCUT2D eigenvalue weighted by molar-refractivity contribution is 6.07. The molecule has 1 spiro atoms. The van der Waals surface area contributed by atoms with Crippen LogP contribution < -0.4 is 10.6 Å². The Hall–Kier alpha value is -3.64. The number of H-pyrrole nitrogens is 1. The van der Waals surface area contributed by atoms with E-state index in [0.29, 0.717) is 30.9 Å². The van der Waals surface area contributed by atoms with Crippen LogP contribution in [-0.4, -0.2) is 57.9 Å². The van der Waals surface area contributed by atoms with Crippen LogP contribution in [-0.2, 0) is 21.4 Å². The predicted octanol–water partition coefficient (Wildman–Crippen LogP) is 2.03. The second kappa shape index (κ2) is 8.61. The smallest absolute Gasteiger partial charge is 0.352 e. The van der Waals surface area contributed by atoms with Crippen molar-refractivity contribution >= 4 is 23.5 Å². The van der Waals surface area contributed by atoms with E-state index in [2.05, 4.69) is 21.7 Å². The second-order valence-electron chi connectivity index (χ2n) is 9.52. The zero-order chi connectivity index (χ0) is 23.9. The molecule has 3 atom stereocenters. The van der Waals surface area contributed by atoms with Gasteiger partial charge in [0.05, 0.1) is 17.5 Å². The molecule has 1 aliphatic carbocycles. The third kappa shape index (κ3) is 3.84. The molecule has 9 nitrogen and oxygen atoms in total. The Morgan fingerprint density at radius 3 is 2.82 bits per heavy atom. The van der Waals surface area contributed by atoms with Gasteiger partial charge in [-0.1, -0.05) is 31.0 Å². The van der Waals surface area contributed by atoms with Crippen LogP contribution in [0.4, 0.5) is 5.69 Å². The molecule has 176 valence electrons. The number of aromatic amines is 1. The van der Waals surface area contributed by atoms with Crippen LogP contribution in [0.15, 0.2) is 36.5 Å². The molecule has 2 fully saturated rings. The van der Waals surface area contributed by atoms with Crippen molar-refractivity contribution in [3.05, 3.63) is 53.3 Å². The monoisotopic (exact) mass is 461 g/mol. The van der Waals surface area contributed by atoms with Crippen LogP contribution in [0.25, 0.3) is 0 Å². The summed E-state index contributed by atoms with van der Waals surface area (Å²) in [7, 11) is 0. The predicted molar refractivity (Wildman–Crippen MR) is 123 cm³/mol. The SMILES string of the molecule is N#C[C@@H]1C[C@@]2(CN1C(=O)[C@H](CC1CC1)NCCc1cc[nH]c1C(=O)O)C(=O)Nc1ccccc12. The lowest BCUT2D eigenvalue weighted by Gasteiger charge is -2.27. The summed E-state index contributed by atoms with van der Waals surface area (Å²) in [4.78, 5) is 42.3. The largest absolute Gasteiger partial charge is 0.477 e. The van der Waals surface area contributed by atoms with E-state index >= 15 is 0 Å². The fourth-order valence-electron chi connectivity index (χ4n) is 5.33. The van der Waals surface area contributed by atoms with Gasteiger partial charge >= 0.3 is 5.97 Å². The number of nitrogens with one attached hydrogen (secondary N) is 3. The molecule has 3 aliphatic rings. The minimum atomic E-state index is -1.01. The Bertz CT molecular complexity index is 1180. The number of para-hydroxylation sites is 1. The highest BCUT2D eigenvalue weighted by Crippen LogP contribution is 2.46. The van der Waals surface area contributed by atoms with E-state index in [1.165, 1.54) is 0 Å². The van der Waals surface area contributed by atoms with Crippen LogP contribution in [0.1, 0.15) is 47.3 Å². The molecule has 0 bridgehead atoms. The van der Waals surface area contributed by atoms with Crippen molar-refractivity contribution in [2.45, 2.75) is 49.6 Å². The first kappa shape index (κ1) is 22.2. The number of hydrogen-bond donors (Lipinski definition) is 4. The van der Waals surface area contributed by atoms with Crippen molar-refractivity contribution in [1.82, 2.24) is 15.2 Å². The molecule has 0 unspecified atom stereocenters. The lowest BCUT2D eigenvalue weighted by molar-refractivity contribution is -0.134. The number of rotatable bonds is 8. The van der Waals surface area contributed by atoms with Crippen LogP contribution in [0.3, 0.4) is 0 Å². The third-order valence-corrected chi connectivity index (χ3v) is 7.31. The summed E-state index contributed by atoms with van der Waals surface area (Å²) in [6.45, 7) is 0.609. The first-order chi connectivity index (χ1) is 16.4. The maximum atomic E-state index is 13.7. The summed E-state index contributed by atoms with van der Waals surface area (Å²) in [5, 5.41) is 25.4. The van der Waals surface area contributed by atoms with Crippen LogP contribution in [0.5, 0.6) is 0 Å². The number of aromatic carboxylic acids is 1. The average Bonchev–Trinajstić information content (AvgIpc) is 3.27. The Morgan fingerprint density at radius 2 is 2.09 bits per heavy atom. The first-order valence-electron chi connectivity index (χ1n) is 11.7. The quantitative estimate of drug-likeness (QED) is 0.475.